The molecule has 26 heavy (non-hydrogen) atoms. The van der Waals surface area contributed by atoms with Gasteiger partial charge in [0.05, 0.1) is 9.90 Å². The molecule has 0 spiro atoms. The van der Waals surface area contributed by atoms with Gasteiger partial charge in [0.2, 0.25) is 0 Å². The van der Waals surface area contributed by atoms with Crippen LogP contribution in [-0.4, -0.2) is 54.2 Å². The molecule has 2 aromatic heterocycles. The first-order valence-electron chi connectivity index (χ1n) is 9.21. The maximum atomic E-state index is 12.9. The third-order valence-electron chi connectivity index (χ3n) is 5.61. The van der Waals surface area contributed by atoms with Crippen molar-refractivity contribution in [3.05, 3.63) is 34.4 Å². The molecule has 4 rings (SSSR count). The quantitative estimate of drug-likeness (QED) is 0.812. The Morgan fingerprint density at radius 2 is 2.04 bits per heavy atom. The first-order chi connectivity index (χ1) is 12.7. The molecule has 2 saturated heterocycles. The van der Waals surface area contributed by atoms with Gasteiger partial charge in [-0.05, 0) is 50.9 Å². The van der Waals surface area contributed by atoms with Gasteiger partial charge in [-0.3, -0.25) is 9.69 Å². The van der Waals surface area contributed by atoms with E-state index in [1.54, 1.807) is 6.20 Å². The van der Waals surface area contributed by atoms with Crippen molar-refractivity contribution in [3.63, 3.8) is 0 Å². The van der Waals surface area contributed by atoms with Gasteiger partial charge in [0.25, 0.3) is 5.91 Å². The summed E-state index contributed by atoms with van der Waals surface area (Å²) in [7, 11) is 0. The average Bonchev–Trinajstić information content (AvgIpc) is 3.41. The molecule has 0 unspecified atom stereocenters. The molecule has 2 N–H and O–H groups in total. The molecule has 2 fully saturated rings. The maximum Gasteiger partial charge on any atom is 0.253 e. The van der Waals surface area contributed by atoms with Gasteiger partial charge in [0.1, 0.15) is 0 Å². The van der Waals surface area contributed by atoms with E-state index in [0.717, 1.165) is 53.9 Å². The molecule has 0 aliphatic carbocycles. The Hall–Kier alpha value is -1.34. The standard InChI is InChI=1S/C19H24ClN3O2S/c20-17-4-3-16(26-17)14-11-21-12-15(14)18(24)22-13-19(5-9-25-10-6-19)23-7-1-2-8-23/h3-4,11-12,21H,1-2,5-10,13H2,(H,22,24). The summed E-state index contributed by atoms with van der Waals surface area (Å²) in [5.74, 6) is -0.0316. The normalized spacial score (nSPS) is 20.3. The molecule has 5 nitrogen and oxygen atoms in total. The first kappa shape index (κ1) is 18.0. The van der Waals surface area contributed by atoms with Crippen molar-refractivity contribution in [2.75, 3.05) is 32.8 Å². The minimum atomic E-state index is -0.0316. The van der Waals surface area contributed by atoms with Crippen LogP contribution in [0.25, 0.3) is 10.4 Å². The van der Waals surface area contributed by atoms with Crippen LogP contribution in [-0.2, 0) is 4.74 Å². The fourth-order valence-electron chi connectivity index (χ4n) is 4.10. The van der Waals surface area contributed by atoms with Gasteiger partial charge < -0.3 is 15.0 Å². The molecule has 0 aromatic carbocycles. The van der Waals surface area contributed by atoms with Gasteiger partial charge in [-0.1, -0.05) is 11.6 Å². The highest BCUT2D eigenvalue weighted by atomic mass is 35.5. The van der Waals surface area contributed by atoms with E-state index in [9.17, 15) is 4.79 Å². The number of hydrogen-bond acceptors (Lipinski definition) is 4. The van der Waals surface area contributed by atoms with E-state index in [0.29, 0.717) is 12.1 Å². The second-order valence-electron chi connectivity index (χ2n) is 7.10. The van der Waals surface area contributed by atoms with Crippen LogP contribution in [0.5, 0.6) is 0 Å². The van der Waals surface area contributed by atoms with E-state index < -0.39 is 0 Å². The van der Waals surface area contributed by atoms with Crippen molar-refractivity contribution in [3.8, 4) is 10.4 Å². The van der Waals surface area contributed by atoms with Gasteiger partial charge in [0, 0.05) is 48.1 Å². The second kappa shape index (κ2) is 7.72. The van der Waals surface area contributed by atoms with Crippen LogP contribution in [0.2, 0.25) is 4.34 Å². The zero-order chi connectivity index (χ0) is 18.0. The Kier molecular flexibility index (Phi) is 5.36. The van der Waals surface area contributed by atoms with Crippen molar-refractivity contribution in [1.29, 1.82) is 0 Å². The minimum Gasteiger partial charge on any atom is -0.381 e. The van der Waals surface area contributed by atoms with Crippen molar-refractivity contribution < 1.29 is 9.53 Å². The average molecular weight is 394 g/mol. The zero-order valence-electron chi connectivity index (χ0n) is 14.7. The molecular formula is C19H24ClN3O2S. The lowest BCUT2D eigenvalue weighted by Gasteiger charge is -2.44. The molecule has 2 aliphatic rings. The van der Waals surface area contributed by atoms with Crippen LogP contribution in [0.3, 0.4) is 0 Å². The monoisotopic (exact) mass is 393 g/mol. The predicted octanol–water partition coefficient (Wildman–Crippen LogP) is 3.77. The van der Waals surface area contributed by atoms with Gasteiger partial charge in [-0.15, -0.1) is 11.3 Å². The highest BCUT2D eigenvalue weighted by molar-refractivity contribution is 7.19. The number of rotatable bonds is 5. The highest BCUT2D eigenvalue weighted by Gasteiger charge is 2.40. The van der Waals surface area contributed by atoms with Crippen molar-refractivity contribution >= 4 is 28.8 Å². The van der Waals surface area contributed by atoms with E-state index in [-0.39, 0.29) is 11.4 Å². The number of amides is 1. The fraction of sp³-hybridized carbons (Fsp3) is 0.526. The lowest BCUT2D eigenvalue weighted by molar-refractivity contribution is -0.0178. The summed E-state index contributed by atoms with van der Waals surface area (Å²) in [6, 6.07) is 3.82. The number of likely N-dealkylation sites (tertiary alicyclic amines) is 1. The van der Waals surface area contributed by atoms with Gasteiger partial charge in [0.15, 0.2) is 0 Å². The second-order valence-corrected chi connectivity index (χ2v) is 8.82. The fourth-order valence-corrected chi connectivity index (χ4v) is 5.18. The van der Waals surface area contributed by atoms with Crippen LogP contribution in [0.1, 0.15) is 36.0 Å². The molecular weight excluding hydrogens is 370 g/mol. The summed E-state index contributed by atoms with van der Waals surface area (Å²) >= 11 is 7.54. The molecule has 1 amide bonds. The SMILES string of the molecule is O=C(NCC1(N2CCCC2)CCOCC1)c1c[nH]cc1-c1ccc(Cl)s1. The number of aromatic nitrogens is 1. The highest BCUT2D eigenvalue weighted by Crippen LogP contribution is 2.34. The summed E-state index contributed by atoms with van der Waals surface area (Å²) < 4.78 is 6.31. The van der Waals surface area contributed by atoms with E-state index in [1.165, 1.54) is 24.2 Å². The molecule has 2 aromatic rings. The largest absolute Gasteiger partial charge is 0.381 e. The van der Waals surface area contributed by atoms with Gasteiger partial charge in [-0.25, -0.2) is 0 Å². The number of carbonyl (C=O) groups is 1. The lowest BCUT2D eigenvalue weighted by atomic mass is 9.88. The number of halogens is 1. The number of H-pyrrole nitrogens is 1. The van der Waals surface area contributed by atoms with Crippen molar-refractivity contribution in [2.45, 2.75) is 31.2 Å². The number of nitrogens with one attached hydrogen (secondary N) is 2. The van der Waals surface area contributed by atoms with E-state index in [1.807, 2.05) is 18.3 Å². The Bertz CT molecular complexity index is 760. The molecule has 2 aliphatic heterocycles. The summed E-state index contributed by atoms with van der Waals surface area (Å²) in [5.41, 5.74) is 1.61. The smallest absolute Gasteiger partial charge is 0.253 e. The van der Waals surface area contributed by atoms with Crippen molar-refractivity contribution in [1.82, 2.24) is 15.2 Å². The molecule has 140 valence electrons. The Balaban J connectivity index is 1.48. The third kappa shape index (κ3) is 3.56. The van der Waals surface area contributed by atoms with E-state index in [2.05, 4.69) is 15.2 Å². The van der Waals surface area contributed by atoms with Crippen LogP contribution in [0, 0.1) is 0 Å². The van der Waals surface area contributed by atoms with E-state index >= 15 is 0 Å². The van der Waals surface area contributed by atoms with E-state index in [4.69, 9.17) is 16.3 Å². The van der Waals surface area contributed by atoms with Crippen LogP contribution in [0.4, 0.5) is 0 Å². The topological polar surface area (TPSA) is 57.4 Å². The third-order valence-corrected chi connectivity index (χ3v) is 6.87. The Labute approximate surface area is 162 Å². The minimum absolute atomic E-state index is 0.0316. The number of carbonyl (C=O) groups excluding carboxylic acids is 1. The van der Waals surface area contributed by atoms with Crippen molar-refractivity contribution in [2.24, 2.45) is 0 Å². The lowest BCUT2D eigenvalue weighted by Crippen LogP contribution is -2.57. The zero-order valence-corrected chi connectivity index (χ0v) is 16.3. The molecule has 0 radical (unpaired) electrons. The summed E-state index contributed by atoms with van der Waals surface area (Å²) in [4.78, 5) is 19.5. The Morgan fingerprint density at radius 1 is 1.27 bits per heavy atom. The number of hydrogen-bond donors (Lipinski definition) is 2. The molecule has 4 heterocycles. The number of ether oxygens (including phenoxy) is 1. The Morgan fingerprint density at radius 3 is 2.73 bits per heavy atom. The predicted molar refractivity (Wildman–Crippen MR) is 105 cm³/mol. The molecule has 0 bridgehead atoms. The molecule has 0 saturated carbocycles. The summed E-state index contributed by atoms with van der Waals surface area (Å²) in [5, 5.41) is 3.20. The van der Waals surface area contributed by atoms with Gasteiger partial charge >= 0.3 is 0 Å². The first-order valence-corrected chi connectivity index (χ1v) is 10.4. The van der Waals surface area contributed by atoms with Crippen LogP contribution >= 0.6 is 22.9 Å². The number of nitrogens with zero attached hydrogens (tertiary/aromatic N) is 1. The maximum absolute atomic E-state index is 12.9. The summed E-state index contributed by atoms with van der Waals surface area (Å²) in [6.45, 7) is 4.47. The summed E-state index contributed by atoms with van der Waals surface area (Å²) in [6.07, 6.45) is 8.09. The van der Waals surface area contributed by atoms with Crippen LogP contribution in [0.15, 0.2) is 24.5 Å². The number of aromatic amines is 1. The molecule has 0 atom stereocenters. The van der Waals surface area contributed by atoms with Gasteiger partial charge in [-0.2, -0.15) is 0 Å². The van der Waals surface area contributed by atoms with Crippen LogP contribution < -0.4 is 5.32 Å². The molecule has 7 heteroatoms. The number of thiophene rings is 1.